The highest BCUT2D eigenvalue weighted by atomic mass is 79.9. The number of halogens is 1. The number of hydrogen-bond donors (Lipinski definition) is 0. The lowest BCUT2D eigenvalue weighted by Crippen LogP contribution is -2.06. The molecule has 0 amide bonds. The molecule has 14 heavy (non-hydrogen) atoms. The molecule has 0 N–H and O–H groups in total. The third-order valence-corrected chi connectivity index (χ3v) is 3.23. The third-order valence-electron chi connectivity index (χ3n) is 2.80. The molecule has 0 bridgehead atoms. The summed E-state index contributed by atoms with van der Waals surface area (Å²) in [6, 6.07) is 3.86. The highest BCUT2D eigenvalue weighted by Crippen LogP contribution is 2.26. The van der Waals surface area contributed by atoms with Gasteiger partial charge in [-0.2, -0.15) is 0 Å². The van der Waals surface area contributed by atoms with Gasteiger partial charge in [0.1, 0.15) is 11.5 Å². The predicted octanol–water partition coefficient (Wildman–Crippen LogP) is 3.34. The van der Waals surface area contributed by atoms with Crippen molar-refractivity contribution in [3.8, 4) is 0 Å². The maximum Gasteiger partial charge on any atom is 0.169 e. The van der Waals surface area contributed by atoms with Crippen LogP contribution in [-0.4, -0.2) is 5.78 Å². The van der Waals surface area contributed by atoms with Gasteiger partial charge in [0.2, 0.25) is 0 Å². The van der Waals surface area contributed by atoms with E-state index in [9.17, 15) is 4.79 Å². The van der Waals surface area contributed by atoms with E-state index in [2.05, 4.69) is 15.9 Å². The lowest BCUT2D eigenvalue weighted by molar-refractivity contribution is -0.120. The van der Waals surface area contributed by atoms with E-state index in [1.54, 1.807) is 0 Å². The Balaban J connectivity index is 1.85. The topological polar surface area (TPSA) is 30.2 Å². The molecule has 1 aromatic rings. The van der Waals surface area contributed by atoms with Crippen LogP contribution in [0.4, 0.5) is 0 Å². The second-order valence-corrected chi connectivity index (χ2v) is 4.58. The smallest absolute Gasteiger partial charge is 0.169 e. The molecule has 0 aliphatic heterocycles. The second kappa shape index (κ2) is 4.30. The Bertz CT molecular complexity index is 330. The van der Waals surface area contributed by atoms with E-state index >= 15 is 0 Å². The van der Waals surface area contributed by atoms with Gasteiger partial charge < -0.3 is 4.42 Å². The zero-order chi connectivity index (χ0) is 9.97. The maximum absolute atomic E-state index is 11.4. The van der Waals surface area contributed by atoms with Gasteiger partial charge in [-0.3, -0.25) is 4.79 Å². The quantitative estimate of drug-likeness (QED) is 0.831. The molecule has 0 radical (unpaired) electrons. The van der Waals surface area contributed by atoms with E-state index in [0.717, 1.165) is 42.5 Å². The molecule has 0 aromatic carbocycles. The van der Waals surface area contributed by atoms with Crippen LogP contribution in [0.2, 0.25) is 0 Å². The summed E-state index contributed by atoms with van der Waals surface area (Å²) in [5.74, 6) is 1.70. The SMILES string of the molecule is O=C1CCCC1CCc1ccc(Br)o1. The molecule has 1 aliphatic carbocycles. The van der Waals surface area contributed by atoms with Gasteiger partial charge in [0.05, 0.1) is 0 Å². The van der Waals surface area contributed by atoms with Crippen LogP contribution in [-0.2, 0) is 11.2 Å². The summed E-state index contributed by atoms with van der Waals surface area (Å²) in [7, 11) is 0. The van der Waals surface area contributed by atoms with Crippen molar-refractivity contribution < 1.29 is 9.21 Å². The van der Waals surface area contributed by atoms with E-state index in [-0.39, 0.29) is 0 Å². The summed E-state index contributed by atoms with van der Waals surface area (Å²) in [4.78, 5) is 11.4. The number of furan rings is 1. The number of rotatable bonds is 3. The van der Waals surface area contributed by atoms with Crippen LogP contribution in [0.1, 0.15) is 31.4 Å². The van der Waals surface area contributed by atoms with Gasteiger partial charge in [-0.05, 0) is 47.3 Å². The first-order valence-electron chi connectivity index (χ1n) is 5.02. The van der Waals surface area contributed by atoms with E-state index in [1.807, 2.05) is 12.1 Å². The molecule has 0 saturated heterocycles. The van der Waals surface area contributed by atoms with E-state index in [1.165, 1.54) is 0 Å². The summed E-state index contributed by atoms with van der Waals surface area (Å²) in [5, 5.41) is 0. The molecule has 1 heterocycles. The number of ketones is 1. The van der Waals surface area contributed by atoms with Crippen LogP contribution >= 0.6 is 15.9 Å². The molecule has 2 nitrogen and oxygen atoms in total. The minimum absolute atomic E-state index is 0.291. The molecule has 1 saturated carbocycles. The van der Waals surface area contributed by atoms with Crippen LogP contribution in [0.5, 0.6) is 0 Å². The van der Waals surface area contributed by atoms with Crippen molar-refractivity contribution in [2.45, 2.75) is 32.1 Å². The Hall–Kier alpha value is -0.570. The number of carbonyl (C=O) groups excluding carboxylic acids is 1. The maximum atomic E-state index is 11.4. The summed E-state index contributed by atoms with van der Waals surface area (Å²) < 4.78 is 6.15. The van der Waals surface area contributed by atoms with Crippen LogP contribution < -0.4 is 0 Å². The molecule has 0 spiro atoms. The van der Waals surface area contributed by atoms with Crippen molar-refractivity contribution in [2.24, 2.45) is 5.92 Å². The molecule has 2 rings (SSSR count). The zero-order valence-corrected chi connectivity index (χ0v) is 9.55. The molecular formula is C11H13BrO2. The van der Waals surface area contributed by atoms with Gasteiger partial charge in [0, 0.05) is 18.8 Å². The monoisotopic (exact) mass is 256 g/mol. The minimum atomic E-state index is 0.291. The van der Waals surface area contributed by atoms with Crippen molar-refractivity contribution >= 4 is 21.7 Å². The average molecular weight is 257 g/mol. The first-order valence-corrected chi connectivity index (χ1v) is 5.82. The summed E-state index contributed by atoms with van der Waals surface area (Å²) >= 11 is 3.26. The number of aryl methyl sites for hydroxylation is 1. The number of Topliss-reactive ketones (excluding diaryl/α,β-unsaturated/α-hetero) is 1. The third kappa shape index (κ3) is 2.27. The summed E-state index contributed by atoms with van der Waals surface area (Å²) in [6.07, 6.45) is 4.75. The van der Waals surface area contributed by atoms with E-state index in [4.69, 9.17) is 4.42 Å². The van der Waals surface area contributed by atoms with Crippen LogP contribution in [0.3, 0.4) is 0 Å². The van der Waals surface area contributed by atoms with Crippen molar-refractivity contribution in [2.75, 3.05) is 0 Å². The van der Waals surface area contributed by atoms with Crippen molar-refractivity contribution in [3.05, 3.63) is 22.6 Å². The molecule has 1 unspecified atom stereocenters. The molecule has 3 heteroatoms. The first kappa shape index (κ1) is 9.97. The Morgan fingerprint density at radius 1 is 1.50 bits per heavy atom. The van der Waals surface area contributed by atoms with Crippen molar-refractivity contribution in [3.63, 3.8) is 0 Å². The Morgan fingerprint density at radius 3 is 2.93 bits per heavy atom. The molecule has 76 valence electrons. The fourth-order valence-electron chi connectivity index (χ4n) is 2.00. The Labute approximate surface area is 91.8 Å². The van der Waals surface area contributed by atoms with Crippen LogP contribution in [0.15, 0.2) is 21.2 Å². The standard InChI is InChI=1S/C11H13BrO2/c12-11-7-6-9(14-11)5-4-8-2-1-3-10(8)13/h6-8H,1-5H2. The van der Waals surface area contributed by atoms with Crippen molar-refractivity contribution in [1.82, 2.24) is 0 Å². The highest BCUT2D eigenvalue weighted by Gasteiger charge is 2.23. The van der Waals surface area contributed by atoms with Crippen LogP contribution in [0.25, 0.3) is 0 Å². The van der Waals surface area contributed by atoms with E-state index in [0.29, 0.717) is 11.7 Å². The predicted molar refractivity (Wildman–Crippen MR) is 57.1 cm³/mol. The molecule has 1 fully saturated rings. The Kier molecular flexibility index (Phi) is 3.06. The lowest BCUT2D eigenvalue weighted by Gasteiger charge is -2.04. The molecule has 1 atom stereocenters. The van der Waals surface area contributed by atoms with Gasteiger partial charge in [0.25, 0.3) is 0 Å². The largest absolute Gasteiger partial charge is 0.454 e. The number of carbonyl (C=O) groups is 1. The zero-order valence-electron chi connectivity index (χ0n) is 7.96. The second-order valence-electron chi connectivity index (χ2n) is 3.80. The van der Waals surface area contributed by atoms with Gasteiger partial charge in [0.15, 0.2) is 4.67 Å². The summed E-state index contributed by atoms with van der Waals surface area (Å²) in [5.41, 5.74) is 0. The van der Waals surface area contributed by atoms with Gasteiger partial charge in [-0.15, -0.1) is 0 Å². The summed E-state index contributed by atoms with van der Waals surface area (Å²) in [6.45, 7) is 0. The van der Waals surface area contributed by atoms with Gasteiger partial charge in [-0.25, -0.2) is 0 Å². The molecule has 1 aliphatic rings. The number of hydrogen-bond acceptors (Lipinski definition) is 2. The first-order chi connectivity index (χ1) is 6.75. The molecular weight excluding hydrogens is 244 g/mol. The Morgan fingerprint density at radius 2 is 2.36 bits per heavy atom. The normalized spacial score (nSPS) is 21.8. The fourth-order valence-corrected chi connectivity index (χ4v) is 2.34. The van der Waals surface area contributed by atoms with E-state index < -0.39 is 0 Å². The van der Waals surface area contributed by atoms with Gasteiger partial charge in [-0.1, -0.05) is 0 Å². The highest BCUT2D eigenvalue weighted by molar-refractivity contribution is 9.10. The molecule has 1 aromatic heterocycles. The van der Waals surface area contributed by atoms with Crippen molar-refractivity contribution in [1.29, 1.82) is 0 Å². The average Bonchev–Trinajstić information content (AvgIpc) is 2.72. The fraction of sp³-hybridized carbons (Fsp3) is 0.545. The minimum Gasteiger partial charge on any atom is -0.454 e. The van der Waals surface area contributed by atoms with Gasteiger partial charge >= 0.3 is 0 Å². The lowest BCUT2D eigenvalue weighted by atomic mass is 10.0. The van der Waals surface area contributed by atoms with Crippen LogP contribution in [0, 0.1) is 5.92 Å².